The molecule has 1 aromatic heterocycles. The number of rotatable bonds is 6. The number of piperidine rings is 1. The first-order valence-electron chi connectivity index (χ1n) is 8.79. The topological polar surface area (TPSA) is 85.2 Å². The van der Waals surface area contributed by atoms with E-state index in [-0.39, 0.29) is 18.3 Å². The van der Waals surface area contributed by atoms with Gasteiger partial charge >= 0.3 is 5.97 Å². The smallest absolute Gasteiger partial charge is 0.328 e. The Hall–Kier alpha value is -2.38. The number of nitrogens with zero attached hydrogens (tertiary/aromatic N) is 2. The Morgan fingerprint density at radius 1 is 1.26 bits per heavy atom. The average Bonchev–Trinajstić information content (AvgIpc) is 3.23. The summed E-state index contributed by atoms with van der Waals surface area (Å²) < 4.78 is 6.62. The van der Waals surface area contributed by atoms with Gasteiger partial charge in [-0.2, -0.15) is 5.10 Å². The van der Waals surface area contributed by atoms with Crippen molar-refractivity contribution >= 4 is 24.3 Å². The Morgan fingerprint density at radius 3 is 2.56 bits per heavy atom. The van der Waals surface area contributed by atoms with Crippen molar-refractivity contribution in [1.29, 1.82) is 0 Å². The summed E-state index contributed by atoms with van der Waals surface area (Å²) in [6, 6.07) is 10.6. The van der Waals surface area contributed by atoms with Gasteiger partial charge in [-0.05, 0) is 37.6 Å². The normalized spacial score (nSPS) is 16.6. The molecule has 7 nitrogen and oxygen atoms in total. The molecule has 2 aromatic rings. The predicted octanol–water partition coefficient (Wildman–Crippen LogP) is 1.28. The van der Waals surface area contributed by atoms with Crippen LogP contribution < -0.4 is 10.6 Å². The second-order valence-electron chi connectivity index (χ2n) is 6.47. The van der Waals surface area contributed by atoms with Crippen LogP contribution in [0.1, 0.15) is 18.4 Å². The number of nitrogens with one attached hydrogen (secondary N) is 2. The van der Waals surface area contributed by atoms with Crippen LogP contribution in [0.3, 0.4) is 0 Å². The van der Waals surface area contributed by atoms with E-state index in [0.717, 1.165) is 18.7 Å². The first kappa shape index (κ1) is 20.9. The molecule has 0 saturated carbocycles. The number of esters is 1. The first-order chi connectivity index (χ1) is 12.7. The Balaban J connectivity index is 0.00000261. The van der Waals surface area contributed by atoms with Gasteiger partial charge in [0, 0.05) is 18.8 Å². The van der Waals surface area contributed by atoms with Gasteiger partial charge in [-0.3, -0.25) is 9.48 Å². The third-order valence-electron chi connectivity index (χ3n) is 4.87. The minimum Gasteiger partial charge on any atom is -0.467 e. The number of carbonyl (C=O) groups excluding carboxylic acids is 2. The maximum Gasteiger partial charge on any atom is 0.328 e. The molecule has 1 aromatic carbocycles. The lowest BCUT2D eigenvalue weighted by atomic mass is 9.87. The molecule has 27 heavy (non-hydrogen) atoms. The Kier molecular flexibility index (Phi) is 7.38. The molecule has 2 heterocycles. The molecule has 0 radical (unpaired) electrons. The summed E-state index contributed by atoms with van der Waals surface area (Å²) in [5, 5.41) is 10.5. The lowest BCUT2D eigenvalue weighted by molar-refractivity contribution is -0.147. The Bertz CT molecular complexity index is 731. The van der Waals surface area contributed by atoms with Gasteiger partial charge in [-0.15, -0.1) is 12.4 Å². The third-order valence-corrected chi connectivity index (χ3v) is 4.87. The van der Waals surface area contributed by atoms with Crippen molar-refractivity contribution in [2.24, 2.45) is 0 Å². The van der Waals surface area contributed by atoms with Gasteiger partial charge in [-0.1, -0.05) is 30.3 Å². The lowest BCUT2D eigenvalue weighted by Gasteiger charge is -2.37. The fourth-order valence-corrected chi connectivity index (χ4v) is 3.40. The van der Waals surface area contributed by atoms with E-state index in [9.17, 15) is 9.59 Å². The molecule has 0 aliphatic carbocycles. The average molecular weight is 393 g/mol. The van der Waals surface area contributed by atoms with Crippen molar-refractivity contribution in [2.45, 2.75) is 30.8 Å². The predicted molar refractivity (Wildman–Crippen MR) is 104 cm³/mol. The number of halogens is 1. The van der Waals surface area contributed by atoms with Crippen LogP contribution in [0.5, 0.6) is 0 Å². The van der Waals surface area contributed by atoms with Crippen molar-refractivity contribution < 1.29 is 14.3 Å². The highest BCUT2D eigenvalue weighted by atomic mass is 35.5. The minimum absolute atomic E-state index is 0. The van der Waals surface area contributed by atoms with E-state index in [2.05, 4.69) is 15.7 Å². The molecule has 1 atom stereocenters. The molecule has 8 heteroatoms. The Labute approximate surface area is 164 Å². The fourth-order valence-electron chi connectivity index (χ4n) is 3.40. The van der Waals surface area contributed by atoms with Crippen LogP contribution >= 0.6 is 12.4 Å². The van der Waals surface area contributed by atoms with Crippen molar-refractivity contribution in [3.63, 3.8) is 0 Å². The van der Waals surface area contributed by atoms with E-state index < -0.39 is 17.6 Å². The summed E-state index contributed by atoms with van der Waals surface area (Å²) in [6.45, 7) is 1.43. The summed E-state index contributed by atoms with van der Waals surface area (Å²) in [7, 11) is 1.33. The van der Waals surface area contributed by atoms with E-state index in [1.165, 1.54) is 7.11 Å². The molecule has 146 valence electrons. The molecular weight excluding hydrogens is 368 g/mol. The second kappa shape index (κ2) is 9.53. The molecule has 1 saturated heterocycles. The number of benzene rings is 1. The summed E-state index contributed by atoms with van der Waals surface area (Å²) in [6.07, 6.45) is 5.07. The van der Waals surface area contributed by atoms with E-state index in [1.807, 2.05) is 30.3 Å². The minimum atomic E-state index is -0.794. The van der Waals surface area contributed by atoms with Gasteiger partial charge in [0.05, 0.1) is 7.11 Å². The van der Waals surface area contributed by atoms with Crippen LogP contribution in [-0.2, 0) is 26.3 Å². The number of ether oxygens (including phenoxy) is 1. The van der Waals surface area contributed by atoms with Gasteiger partial charge in [0.25, 0.3) is 0 Å². The molecule has 1 amide bonds. The standard InChI is InChI=1S/C19H24N4O3.ClH/c1-26-17(24)16(14-15-6-3-2-4-7-15)22-18(25)19(8-11-20-12-9-19)23-13-5-10-21-23;/h2-7,10,13,16,20H,8-9,11-12,14H2,1H3,(H,22,25);1H. The molecular formula is C19H25ClN4O3. The number of methoxy groups -OCH3 is 1. The summed E-state index contributed by atoms with van der Waals surface area (Å²) >= 11 is 0. The highest BCUT2D eigenvalue weighted by molar-refractivity contribution is 5.89. The zero-order valence-corrected chi connectivity index (χ0v) is 16.1. The SMILES string of the molecule is COC(=O)C(Cc1ccccc1)NC(=O)C1(n2cccn2)CCNCC1.Cl. The van der Waals surface area contributed by atoms with Crippen LogP contribution in [-0.4, -0.2) is 47.9 Å². The fraction of sp³-hybridized carbons (Fsp3) is 0.421. The van der Waals surface area contributed by atoms with Crippen molar-refractivity contribution in [1.82, 2.24) is 20.4 Å². The number of hydrogen-bond acceptors (Lipinski definition) is 5. The van der Waals surface area contributed by atoms with Gasteiger partial charge < -0.3 is 15.4 Å². The van der Waals surface area contributed by atoms with Gasteiger partial charge in [0.15, 0.2) is 0 Å². The van der Waals surface area contributed by atoms with Gasteiger partial charge in [0.1, 0.15) is 11.6 Å². The molecule has 1 aliphatic rings. The van der Waals surface area contributed by atoms with Crippen LogP contribution in [0.4, 0.5) is 0 Å². The lowest BCUT2D eigenvalue weighted by Crippen LogP contribution is -2.58. The highest BCUT2D eigenvalue weighted by Gasteiger charge is 2.43. The molecule has 2 N–H and O–H groups in total. The van der Waals surface area contributed by atoms with Crippen LogP contribution in [0.15, 0.2) is 48.8 Å². The monoisotopic (exact) mass is 392 g/mol. The van der Waals surface area contributed by atoms with Crippen molar-refractivity contribution in [2.75, 3.05) is 20.2 Å². The molecule has 0 spiro atoms. The van der Waals surface area contributed by atoms with Crippen LogP contribution in [0.25, 0.3) is 0 Å². The third kappa shape index (κ3) is 4.67. The van der Waals surface area contributed by atoms with Gasteiger partial charge in [-0.25, -0.2) is 4.79 Å². The first-order valence-corrected chi connectivity index (χ1v) is 8.79. The van der Waals surface area contributed by atoms with E-state index in [0.29, 0.717) is 19.3 Å². The molecule has 1 unspecified atom stereocenters. The molecule has 1 fully saturated rings. The number of aromatic nitrogens is 2. The quantitative estimate of drug-likeness (QED) is 0.723. The molecule has 3 rings (SSSR count). The number of carbonyl (C=O) groups is 2. The summed E-state index contributed by atoms with van der Waals surface area (Å²) in [5.41, 5.74) is 0.166. The zero-order chi connectivity index (χ0) is 18.4. The van der Waals surface area contributed by atoms with E-state index >= 15 is 0 Å². The number of hydrogen-bond donors (Lipinski definition) is 2. The molecule has 0 bridgehead atoms. The van der Waals surface area contributed by atoms with Crippen molar-refractivity contribution in [3.05, 3.63) is 54.4 Å². The van der Waals surface area contributed by atoms with E-state index in [1.54, 1.807) is 23.1 Å². The largest absolute Gasteiger partial charge is 0.467 e. The van der Waals surface area contributed by atoms with E-state index in [4.69, 9.17) is 4.74 Å². The zero-order valence-electron chi connectivity index (χ0n) is 15.3. The van der Waals surface area contributed by atoms with Crippen LogP contribution in [0, 0.1) is 0 Å². The maximum atomic E-state index is 13.2. The van der Waals surface area contributed by atoms with Crippen LogP contribution in [0.2, 0.25) is 0 Å². The Morgan fingerprint density at radius 2 is 1.96 bits per heavy atom. The second-order valence-corrected chi connectivity index (χ2v) is 6.47. The molecule has 1 aliphatic heterocycles. The van der Waals surface area contributed by atoms with Crippen molar-refractivity contribution in [3.8, 4) is 0 Å². The highest BCUT2D eigenvalue weighted by Crippen LogP contribution is 2.27. The summed E-state index contributed by atoms with van der Waals surface area (Å²) in [4.78, 5) is 25.5. The maximum absolute atomic E-state index is 13.2. The summed E-state index contributed by atoms with van der Waals surface area (Å²) in [5.74, 6) is -0.652. The number of amides is 1. The van der Waals surface area contributed by atoms with Gasteiger partial charge in [0.2, 0.25) is 5.91 Å².